The fraction of sp³-hybridized carbons (Fsp3) is 0.286. The molecule has 4 heteroatoms. The molecule has 0 aliphatic carbocycles. The molecule has 0 heterocycles. The quantitative estimate of drug-likeness (QED) is 0.831. The summed E-state index contributed by atoms with van der Waals surface area (Å²) in [4.78, 5) is 24.2. The number of aryl methyl sites for hydroxylation is 1. The standard InChI is InChI=1S/C14H17NO3/c1-4-15(12-7-5-6-10(2)8-12)13(16)9-11(3)14(17)18/h5-9H,4H2,1-3H3,(H,17,18)/b11-9+. The summed E-state index contributed by atoms with van der Waals surface area (Å²) in [5, 5.41) is 8.76. The van der Waals surface area contributed by atoms with Crippen LogP contribution < -0.4 is 4.90 Å². The molecule has 0 spiro atoms. The number of carboxylic acid groups (broad SMARTS) is 1. The molecule has 0 radical (unpaired) electrons. The van der Waals surface area contributed by atoms with Crippen molar-refractivity contribution in [2.24, 2.45) is 0 Å². The Balaban J connectivity index is 3.01. The summed E-state index contributed by atoms with van der Waals surface area (Å²) in [6.45, 7) is 5.69. The normalized spacial score (nSPS) is 11.2. The minimum Gasteiger partial charge on any atom is -0.478 e. The Morgan fingerprint density at radius 2 is 2.06 bits per heavy atom. The second-order valence-electron chi connectivity index (χ2n) is 4.05. The van der Waals surface area contributed by atoms with E-state index in [4.69, 9.17) is 5.11 Å². The van der Waals surface area contributed by atoms with Gasteiger partial charge in [-0.3, -0.25) is 4.79 Å². The number of rotatable bonds is 4. The van der Waals surface area contributed by atoms with E-state index in [-0.39, 0.29) is 11.5 Å². The molecule has 1 rings (SSSR count). The van der Waals surface area contributed by atoms with Gasteiger partial charge in [0.25, 0.3) is 5.91 Å². The number of carboxylic acids is 1. The van der Waals surface area contributed by atoms with Gasteiger partial charge in [0.05, 0.1) is 0 Å². The molecule has 1 amide bonds. The number of nitrogens with zero attached hydrogens (tertiary/aromatic N) is 1. The molecule has 0 saturated carbocycles. The topological polar surface area (TPSA) is 57.6 Å². The van der Waals surface area contributed by atoms with Crippen LogP contribution in [0.3, 0.4) is 0 Å². The van der Waals surface area contributed by atoms with Gasteiger partial charge in [-0.05, 0) is 38.5 Å². The van der Waals surface area contributed by atoms with Gasteiger partial charge in [0.15, 0.2) is 0 Å². The summed E-state index contributed by atoms with van der Waals surface area (Å²) >= 11 is 0. The first-order valence-corrected chi connectivity index (χ1v) is 5.75. The molecule has 0 aliphatic rings. The maximum Gasteiger partial charge on any atom is 0.331 e. The van der Waals surface area contributed by atoms with Crippen LogP contribution in [0.2, 0.25) is 0 Å². The van der Waals surface area contributed by atoms with Crippen molar-refractivity contribution in [3.8, 4) is 0 Å². The molecular weight excluding hydrogens is 230 g/mol. The third kappa shape index (κ3) is 3.45. The number of benzene rings is 1. The van der Waals surface area contributed by atoms with E-state index in [0.29, 0.717) is 6.54 Å². The fourth-order valence-electron chi connectivity index (χ4n) is 1.59. The number of aliphatic carboxylic acids is 1. The lowest BCUT2D eigenvalue weighted by molar-refractivity contribution is -0.132. The predicted octanol–water partition coefficient (Wildman–Crippen LogP) is 2.38. The van der Waals surface area contributed by atoms with E-state index in [9.17, 15) is 9.59 Å². The van der Waals surface area contributed by atoms with Gasteiger partial charge in [-0.25, -0.2) is 4.79 Å². The molecule has 0 fully saturated rings. The van der Waals surface area contributed by atoms with Crippen LogP contribution in [0.25, 0.3) is 0 Å². The lowest BCUT2D eigenvalue weighted by Crippen LogP contribution is -2.29. The van der Waals surface area contributed by atoms with Crippen LogP contribution in [-0.4, -0.2) is 23.5 Å². The zero-order valence-corrected chi connectivity index (χ0v) is 10.8. The molecule has 1 aromatic carbocycles. The van der Waals surface area contributed by atoms with E-state index in [1.54, 1.807) is 4.90 Å². The number of carbonyl (C=O) groups is 2. The van der Waals surface area contributed by atoms with Gasteiger partial charge in [-0.2, -0.15) is 0 Å². The van der Waals surface area contributed by atoms with Crippen LogP contribution in [-0.2, 0) is 9.59 Å². The van der Waals surface area contributed by atoms with Crippen molar-refractivity contribution in [2.45, 2.75) is 20.8 Å². The summed E-state index contributed by atoms with van der Waals surface area (Å²) in [6, 6.07) is 7.54. The number of anilines is 1. The van der Waals surface area contributed by atoms with Crippen molar-refractivity contribution < 1.29 is 14.7 Å². The highest BCUT2D eigenvalue weighted by atomic mass is 16.4. The smallest absolute Gasteiger partial charge is 0.331 e. The number of carbonyl (C=O) groups excluding carboxylic acids is 1. The van der Waals surface area contributed by atoms with Crippen LogP contribution in [0.15, 0.2) is 35.9 Å². The van der Waals surface area contributed by atoms with Crippen LogP contribution in [0, 0.1) is 6.92 Å². The van der Waals surface area contributed by atoms with E-state index in [0.717, 1.165) is 17.3 Å². The largest absolute Gasteiger partial charge is 0.478 e. The molecule has 0 atom stereocenters. The maximum absolute atomic E-state index is 12.0. The number of hydrogen-bond acceptors (Lipinski definition) is 2. The first-order chi connectivity index (χ1) is 8.45. The molecule has 4 nitrogen and oxygen atoms in total. The highest BCUT2D eigenvalue weighted by Gasteiger charge is 2.13. The fourth-order valence-corrected chi connectivity index (χ4v) is 1.59. The van der Waals surface area contributed by atoms with Crippen molar-refractivity contribution in [1.29, 1.82) is 0 Å². The van der Waals surface area contributed by atoms with Gasteiger partial charge in [-0.15, -0.1) is 0 Å². The summed E-state index contributed by atoms with van der Waals surface area (Å²) in [5.41, 5.74) is 1.86. The summed E-state index contributed by atoms with van der Waals surface area (Å²) in [5.74, 6) is -1.40. The van der Waals surface area contributed by atoms with E-state index in [2.05, 4.69) is 0 Å². The molecule has 0 unspecified atom stereocenters. The van der Waals surface area contributed by atoms with Crippen molar-refractivity contribution in [3.63, 3.8) is 0 Å². The molecule has 0 aliphatic heterocycles. The third-order valence-corrected chi connectivity index (χ3v) is 2.57. The summed E-state index contributed by atoms with van der Waals surface area (Å²) < 4.78 is 0. The number of hydrogen-bond donors (Lipinski definition) is 1. The zero-order valence-electron chi connectivity index (χ0n) is 10.8. The van der Waals surface area contributed by atoms with Crippen LogP contribution >= 0.6 is 0 Å². The monoisotopic (exact) mass is 247 g/mol. The van der Waals surface area contributed by atoms with Crippen molar-refractivity contribution in [2.75, 3.05) is 11.4 Å². The average molecular weight is 247 g/mol. The highest BCUT2D eigenvalue weighted by Crippen LogP contribution is 2.16. The Labute approximate surface area is 107 Å². The minimum atomic E-state index is -1.08. The first kappa shape index (κ1) is 14.0. The van der Waals surface area contributed by atoms with Crippen LogP contribution in [0.1, 0.15) is 19.4 Å². The van der Waals surface area contributed by atoms with Crippen molar-refractivity contribution >= 4 is 17.6 Å². The van der Waals surface area contributed by atoms with Gasteiger partial charge in [-0.1, -0.05) is 12.1 Å². The molecule has 96 valence electrons. The Morgan fingerprint density at radius 1 is 1.39 bits per heavy atom. The zero-order chi connectivity index (χ0) is 13.7. The Kier molecular flexibility index (Phi) is 4.66. The van der Waals surface area contributed by atoms with E-state index >= 15 is 0 Å². The highest BCUT2D eigenvalue weighted by molar-refractivity contribution is 6.05. The SMILES string of the molecule is CCN(C(=O)/C=C(\C)C(=O)O)c1cccc(C)c1. The minimum absolute atomic E-state index is 0.0334. The van der Waals surface area contributed by atoms with Crippen molar-refractivity contribution in [3.05, 3.63) is 41.5 Å². The van der Waals surface area contributed by atoms with Crippen molar-refractivity contribution in [1.82, 2.24) is 0 Å². The Hall–Kier alpha value is -2.10. The molecular formula is C14H17NO3. The van der Waals surface area contributed by atoms with E-state index in [1.807, 2.05) is 38.1 Å². The number of likely N-dealkylation sites (N-methyl/N-ethyl adjacent to an activating group) is 1. The molecule has 18 heavy (non-hydrogen) atoms. The molecule has 0 aromatic heterocycles. The second kappa shape index (κ2) is 6.00. The van der Waals surface area contributed by atoms with Crippen LogP contribution in [0.4, 0.5) is 5.69 Å². The van der Waals surface area contributed by atoms with Gasteiger partial charge in [0.1, 0.15) is 0 Å². The predicted molar refractivity (Wildman–Crippen MR) is 70.6 cm³/mol. The average Bonchev–Trinajstić information content (AvgIpc) is 2.29. The number of amides is 1. The summed E-state index contributed by atoms with van der Waals surface area (Å²) in [7, 11) is 0. The third-order valence-electron chi connectivity index (χ3n) is 2.57. The van der Waals surface area contributed by atoms with Gasteiger partial charge in [0, 0.05) is 23.9 Å². The van der Waals surface area contributed by atoms with E-state index < -0.39 is 5.97 Å². The maximum atomic E-state index is 12.0. The Bertz CT molecular complexity index is 492. The van der Waals surface area contributed by atoms with Crippen LogP contribution in [0.5, 0.6) is 0 Å². The molecule has 0 bridgehead atoms. The summed E-state index contributed by atoms with van der Waals surface area (Å²) in [6.07, 6.45) is 1.15. The van der Waals surface area contributed by atoms with E-state index in [1.165, 1.54) is 6.92 Å². The van der Waals surface area contributed by atoms with Gasteiger partial charge in [0.2, 0.25) is 0 Å². The Morgan fingerprint density at radius 3 is 2.56 bits per heavy atom. The second-order valence-corrected chi connectivity index (χ2v) is 4.05. The van der Waals surface area contributed by atoms with Gasteiger partial charge < -0.3 is 10.0 Å². The molecule has 1 aromatic rings. The first-order valence-electron chi connectivity index (χ1n) is 5.75. The molecule has 1 N–H and O–H groups in total. The van der Waals surface area contributed by atoms with Gasteiger partial charge >= 0.3 is 5.97 Å². The lowest BCUT2D eigenvalue weighted by Gasteiger charge is -2.20. The lowest BCUT2D eigenvalue weighted by atomic mass is 10.2. The molecule has 0 saturated heterocycles.